The maximum Gasteiger partial charge on any atom is 0.244 e. The number of fused-ring (bicyclic) bond motifs is 1. The highest BCUT2D eigenvalue weighted by atomic mass is 16.5. The fraction of sp³-hybridized carbons (Fsp3) is 0.438. The van der Waals surface area contributed by atoms with Gasteiger partial charge in [-0.1, -0.05) is 13.8 Å². The van der Waals surface area contributed by atoms with E-state index in [1.165, 1.54) is 12.4 Å². The summed E-state index contributed by atoms with van der Waals surface area (Å²) in [7, 11) is 0. The molecule has 2 rings (SSSR count). The number of aromatic nitrogens is 3. The van der Waals surface area contributed by atoms with Crippen LogP contribution in [0.2, 0.25) is 0 Å². The summed E-state index contributed by atoms with van der Waals surface area (Å²) in [4.78, 5) is 23.1. The quantitative estimate of drug-likeness (QED) is 0.672. The van der Waals surface area contributed by atoms with Crippen LogP contribution in [0.3, 0.4) is 0 Å². The molecule has 23 heavy (non-hydrogen) atoms. The maximum atomic E-state index is 11.7. The van der Waals surface area contributed by atoms with Crippen molar-refractivity contribution in [1.29, 1.82) is 0 Å². The van der Waals surface area contributed by atoms with Crippen LogP contribution in [0.5, 0.6) is 5.88 Å². The van der Waals surface area contributed by atoms with Gasteiger partial charge in [0.05, 0.1) is 18.1 Å². The lowest BCUT2D eigenvalue weighted by atomic mass is 10.2. The van der Waals surface area contributed by atoms with Crippen LogP contribution in [0.4, 0.5) is 0 Å². The zero-order chi connectivity index (χ0) is 16.8. The lowest BCUT2D eigenvalue weighted by Gasteiger charge is -2.08. The minimum Gasteiger partial charge on any atom is -0.477 e. The van der Waals surface area contributed by atoms with Crippen LogP contribution in [0.1, 0.15) is 26.3 Å². The van der Waals surface area contributed by atoms with Crippen LogP contribution < -0.4 is 10.1 Å². The summed E-state index contributed by atoms with van der Waals surface area (Å²) in [6, 6.07) is 0. The lowest BCUT2D eigenvalue weighted by molar-refractivity contribution is -0.116. The summed E-state index contributed by atoms with van der Waals surface area (Å²) in [6.45, 7) is 6.49. The first kappa shape index (κ1) is 17.0. The van der Waals surface area contributed by atoms with E-state index in [9.17, 15) is 4.79 Å². The molecule has 2 heterocycles. The van der Waals surface area contributed by atoms with Gasteiger partial charge in [-0.3, -0.25) is 4.79 Å². The Hall–Kier alpha value is -2.41. The number of rotatable bonds is 7. The number of ether oxygens (including phenoxy) is 1. The Kier molecular flexibility index (Phi) is 5.70. The summed E-state index contributed by atoms with van der Waals surface area (Å²) in [5.74, 6) is 0.597. The molecule has 2 aromatic heterocycles. The van der Waals surface area contributed by atoms with Gasteiger partial charge in [-0.05, 0) is 18.9 Å². The van der Waals surface area contributed by atoms with Crippen LogP contribution in [0, 0.1) is 5.92 Å². The molecule has 1 atom stereocenters. The van der Waals surface area contributed by atoms with E-state index in [4.69, 9.17) is 9.84 Å². The van der Waals surface area contributed by atoms with Gasteiger partial charge in [-0.2, -0.15) is 0 Å². The molecule has 0 aliphatic carbocycles. The van der Waals surface area contributed by atoms with E-state index >= 15 is 0 Å². The van der Waals surface area contributed by atoms with Gasteiger partial charge in [0.2, 0.25) is 11.8 Å². The lowest BCUT2D eigenvalue weighted by Crippen LogP contribution is -2.28. The average molecular weight is 318 g/mol. The Morgan fingerprint density at radius 3 is 2.91 bits per heavy atom. The molecule has 124 valence electrons. The summed E-state index contributed by atoms with van der Waals surface area (Å²) in [6.07, 6.45) is 5.69. The highest BCUT2D eigenvalue weighted by molar-refractivity contribution is 5.96. The molecule has 0 unspecified atom stereocenters. The Morgan fingerprint density at radius 1 is 1.43 bits per heavy atom. The van der Waals surface area contributed by atoms with Crippen molar-refractivity contribution in [2.45, 2.75) is 26.9 Å². The molecular weight excluding hydrogens is 296 g/mol. The van der Waals surface area contributed by atoms with Gasteiger partial charge >= 0.3 is 0 Å². The van der Waals surface area contributed by atoms with Crippen molar-refractivity contribution in [3.8, 4) is 5.88 Å². The third-order valence-electron chi connectivity index (χ3n) is 3.00. The highest BCUT2D eigenvalue weighted by Crippen LogP contribution is 2.26. The van der Waals surface area contributed by atoms with Crippen molar-refractivity contribution in [1.82, 2.24) is 20.3 Å². The smallest absolute Gasteiger partial charge is 0.244 e. The van der Waals surface area contributed by atoms with Gasteiger partial charge in [0, 0.05) is 24.4 Å². The van der Waals surface area contributed by atoms with Crippen molar-refractivity contribution in [3.63, 3.8) is 0 Å². The molecule has 3 N–H and O–H groups in total. The number of aliphatic hydroxyl groups is 1. The number of nitrogens with zero attached hydrogens (tertiary/aromatic N) is 2. The van der Waals surface area contributed by atoms with E-state index in [0.29, 0.717) is 24.1 Å². The molecule has 0 fully saturated rings. The largest absolute Gasteiger partial charge is 0.477 e. The molecule has 2 aromatic rings. The van der Waals surface area contributed by atoms with Crippen molar-refractivity contribution in [3.05, 3.63) is 24.2 Å². The van der Waals surface area contributed by atoms with Crippen LogP contribution in [0.25, 0.3) is 17.1 Å². The number of aliphatic hydroxyl groups excluding tert-OH is 1. The second kappa shape index (κ2) is 7.73. The first-order valence-corrected chi connectivity index (χ1v) is 7.56. The molecule has 0 saturated heterocycles. The van der Waals surface area contributed by atoms with Gasteiger partial charge in [0.25, 0.3) is 0 Å². The Labute approximate surface area is 134 Å². The summed E-state index contributed by atoms with van der Waals surface area (Å²) in [5, 5.41) is 12.5. The summed E-state index contributed by atoms with van der Waals surface area (Å²) in [5.41, 5.74) is 1.43. The molecular formula is C16H22N4O3. The number of aromatic amines is 1. The molecule has 1 amide bonds. The minimum absolute atomic E-state index is 0.211. The van der Waals surface area contributed by atoms with E-state index < -0.39 is 6.10 Å². The Balaban J connectivity index is 2.18. The summed E-state index contributed by atoms with van der Waals surface area (Å²) >= 11 is 0. The van der Waals surface area contributed by atoms with Crippen molar-refractivity contribution in [2.75, 3.05) is 13.2 Å². The molecule has 0 spiro atoms. The van der Waals surface area contributed by atoms with Crippen molar-refractivity contribution in [2.24, 2.45) is 5.92 Å². The van der Waals surface area contributed by atoms with Crippen LogP contribution in [0.15, 0.2) is 18.6 Å². The van der Waals surface area contributed by atoms with Crippen molar-refractivity contribution < 1.29 is 14.6 Å². The predicted molar refractivity (Wildman–Crippen MR) is 87.9 cm³/mol. The molecule has 0 saturated carbocycles. The van der Waals surface area contributed by atoms with E-state index in [1.807, 2.05) is 0 Å². The van der Waals surface area contributed by atoms with Gasteiger partial charge in [-0.15, -0.1) is 0 Å². The number of hydrogen-bond donors (Lipinski definition) is 3. The maximum absolute atomic E-state index is 11.7. The molecule has 0 bridgehead atoms. The molecule has 0 radical (unpaired) electrons. The monoisotopic (exact) mass is 318 g/mol. The first-order chi connectivity index (χ1) is 11.0. The number of nitrogens with one attached hydrogen (secondary N) is 2. The molecule has 7 heteroatoms. The SMILES string of the molecule is CC(C)COc1ncnc2[nH]cc(/C=C/C(=O)NC[C@@H](C)O)c12. The highest BCUT2D eigenvalue weighted by Gasteiger charge is 2.11. The number of carbonyl (C=O) groups excluding carboxylic acids is 1. The standard InChI is InChI=1S/C16H22N4O3/c1-10(2)8-23-16-14-12(7-18-15(14)19-9-20-16)4-5-13(22)17-6-11(3)21/h4-5,7,9-11,21H,6,8H2,1-3H3,(H,17,22)(H,18,19,20)/b5-4+/t11-/m1/s1. The van der Waals surface area contributed by atoms with Crippen LogP contribution in [-0.4, -0.2) is 45.2 Å². The van der Waals surface area contributed by atoms with Gasteiger partial charge in [0.15, 0.2) is 0 Å². The number of carbonyl (C=O) groups is 1. The zero-order valence-electron chi connectivity index (χ0n) is 13.5. The predicted octanol–water partition coefficient (Wildman–Crippen LogP) is 1.50. The second-order valence-corrected chi connectivity index (χ2v) is 5.78. The van der Waals surface area contributed by atoms with E-state index in [-0.39, 0.29) is 12.5 Å². The summed E-state index contributed by atoms with van der Waals surface area (Å²) < 4.78 is 5.73. The second-order valence-electron chi connectivity index (χ2n) is 5.78. The van der Waals surface area contributed by atoms with Crippen molar-refractivity contribution >= 4 is 23.0 Å². The van der Waals surface area contributed by atoms with Crippen LogP contribution >= 0.6 is 0 Å². The Morgan fingerprint density at radius 2 is 2.22 bits per heavy atom. The topological polar surface area (TPSA) is 100 Å². The van der Waals surface area contributed by atoms with E-state index in [2.05, 4.69) is 34.1 Å². The number of H-pyrrole nitrogens is 1. The third kappa shape index (κ3) is 4.79. The number of amides is 1. The van der Waals surface area contributed by atoms with Gasteiger partial charge in [-0.25, -0.2) is 9.97 Å². The fourth-order valence-corrected chi connectivity index (χ4v) is 1.92. The normalized spacial score (nSPS) is 12.9. The molecule has 0 aromatic carbocycles. The zero-order valence-corrected chi connectivity index (χ0v) is 13.5. The van der Waals surface area contributed by atoms with E-state index in [1.54, 1.807) is 19.2 Å². The number of hydrogen-bond acceptors (Lipinski definition) is 5. The van der Waals surface area contributed by atoms with Gasteiger partial charge in [0.1, 0.15) is 12.0 Å². The fourth-order valence-electron chi connectivity index (χ4n) is 1.92. The third-order valence-corrected chi connectivity index (χ3v) is 3.00. The average Bonchev–Trinajstić information content (AvgIpc) is 2.92. The molecule has 0 aliphatic heterocycles. The van der Waals surface area contributed by atoms with Gasteiger partial charge < -0.3 is 20.1 Å². The molecule has 0 aliphatic rings. The molecule has 7 nitrogen and oxygen atoms in total. The van der Waals surface area contributed by atoms with E-state index in [0.717, 1.165) is 10.9 Å². The Bertz CT molecular complexity index is 692. The minimum atomic E-state index is -0.579. The first-order valence-electron chi connectivity index (χ1n) is 7.56. The van der Waals surface area contributed by atoms with Crippen LogP contribution in [-0.2, 0) is 4.79 Å².